The maximum absolute atomic E-state index is 14.9. The van der Waals surface area contributed by atoms with Crippen LogP contribution in [0.25, 0.3) is 11.1 Å². The number of rotatable bonds is 8. The van der Waals surface area contributed by atoms with Crippen LogP contribution >= 0.6 is 0 Å². The number of urea groups is 1. The average molecular weight is 532 g/mol. The third-order valence-electron chi connectivity index (χ3n) is 5.50. The second-order valence-electron chi connectivity index (χ2n) is 8.46. The van der Waals surface area contributed by atoms with Gasteiger partial charge in [0.1, 0.15) is 17.4 Å². The Kier molecular flexibility index (Phi) is 8.10. The summed E-state index contributed by atoms with van der Waals surface area (Å²) in [6, 6.07) is 16.5. The number of nitrogens with two attached hydrogens (primary N) is 2. The van der Waals surface area contributed by atoms with Crippen molar-refractivity contribution in [2.45, 2.75) is 12.8 Å². The number of halogens is 2. The van der Waals surface area contributed by atoms with Crippen LogP contribution in [-0.4, -0.2) is 22.8 Å². The molecule has 0 fully saturated rings. The van der Waals surface area contributed by atoms with Crippen molar-refractivity contribution in [2.75, 3.05) is 11.1 Å². The highest BCUT2D eigenvalue weighted by Crippen LogP contribution is 2.37. The van der Waals surface area contributed by atoms with Gasteiger partial charge in [-0.05, 0) is 47.0 Å². The maximum atomic E-state index is 14.9. The van der Waals surface area contributed by atoms with Gasteiger partial charge in [0.25, 0.3) is 0 Å². The monoisotopic (exact) mass is 531 g/mol. The number of hydrogen-bond acceptors (Lipinski definition) is 6. The van der Waals surface area contributed by atoms with Crippen LogP contribution in [0, 0.1) is 11.6 Å². The van der Waals surface area contributed by atoms with Crippen molar-refractivity contribution >= 4 is 29.4 Å². The van der Waals surface area contributed by atoms with E-state index >= 15 is 0 Å². The van der Waals surface area contributed by atoms with Crippen LogP contribution in [0.2, 0.25) is 0 Å². The van der Waals surface area contributed by atoms with E-state index in [-0.39, 0.29) is 35.8 Å². The first-order chi connectivity index (χ1) is 18.7. The zero-order valence-electron chi connectivity index (χ0n) is 20.4. The van der Waals surface area contributed by atoms with E-state index in [2.05, 4.69) is 15.6 Å². The third kappa shape index (κ3) is 7.13. The first kappa shape index (κ1) is 26.7. The van der Waals surface area contributed by atoms with Crippen molar-refractivity contribution in [3.05, 3.63) is 102 Å². The van der Waals surface area contributed by atoms with E-state index in [0.717, 1.165) is 6.07 Å². The first-order valence-corrected chi connectivity index (χ1v) is 11.6. The number of hydrogen-bond donors (Lipinski definition) is 4. The number of amides is 4. The van der Waals surface area contributed by atoms with Crippen LogP contribution in [0.5, 0.6) is 11.5 Å². The van der Waals surface area contributed by atoms with Gasteiger partial charge >= 0.3 is 6.03 Å². The van der Waals surface area contributed by atoms with E-state index < -0.39 is 29.5 Å². The molecule has 0 spiro atoms. The van der Waals surface area contributed by atoms with Crippen molar-refractivity contribution in [1.82, 2.24) is 10.3 Å². The van der Waals surface area contributed by atoms with Crippen molar-refractivity contribution < 1.29 is 27.9 Å². The molecule has 39 heavy (non-hydrogen) atoms. The van der Waals surface area contributed by atoms with Crippen LogP contribution < -0.4 is 26.8 Å². The summed E-state index contributed by atoms with van der Waals surface area (Å²) < 4.78 is 33.7. The molecular formula is C28H23F2N5O4. The van der Waals surface area contributed by atoms with Crippen LogP contribution in [0.3, 0.4) is 0 Å². The Labute approximate surface area is 221 Å². The smallest absolute Gasteiger partial charge is 0.325 e. The van der Waals surface area contributed by atoms with Gasteiger partial charge < -0.3 is 21.5 Å². The molecular weight excluding hydrogens is 508 g/mol. The number of nitrogens with one attached hydrogen (secondary N) is 2. The molecule has 0 bridgehead atoms. The number of carbonyl (C=O) groups excluding carboxylic acids is 3. The fourth-order valence-electron chi connectivity index (χ4n) is 3.73. The number of anilines is 2. The minimum Gasteiger partial charge on any atom is -0.453 e. The van der Waals surface area contributed by atoms with Gasteiger partial charge in [-0.3, -0.25) is 14.9 Å². The SMILES string of the molecule is NC(=O)Cc1ccc(-c2c(Oc3ccc(NC(=O)NC(=O)Cc4ccc(F)cc4)cc3F)ccnc2N)cc1. The van der Waals surface area contributed by atoms with Crippen molar-refractivity contribution in [2.24, 2.45) is 5.73 Å². The molecule has 4 aromatic rings. The first-order valence-electron chi connectivity index (χ1n) is 11.6. The molecule has 9 nitrogen and oxygen atoms in total. The number of imide groups is 1. The molecule has 3 aromatic carbocycles. The summed E-state index contributed by atoms with van der Waals surface area (Å²) in [4.78, 5) is 39.5. The Morgan fingerprint density at radius 1 is 0.846 bits per heavy atom. The Morgan fingerprint density at radius 2 is 1.51 bits per heavy atom. The fraction of sp³-hybridized carbons (Fsp3) is 0.0714. The number of pyridine rings is 1. The van der Waals surface area contributed by atoms with Gasteiger partial charge in [-0.25, -0.2) is 18.6 Å². The largest absolute Gasteiger partial charge is 0.453 e. The van der Waals surface area contributed by atoms with Crippen LogP contribution in [0.1, 0.15) is 11.1 Å². The maximum Gasteiger partial charge on any atom is 0.325 e. The van der Waals surface area contributed by atoms with Crippen LogP contribution in [-0.2, 0) is 22.4 Å². The molecule has 0 radical (unpaired) electrons. The fourth-order valence-corrected chi connectivity index (χ4v) is 3.73. The van der Waals surface area contributed by atoms with E-state index in [1.165, 1.54) is 48.7 Å². The van der Waals surface area contributed by atoms with Gasteiger partial charge in [-0.15, -0.1) is 0 Å². The number of benzene rings is 3. The molecule has 0 saturated carbocycles. The molecule has 198 valence electrons. The quantitative estimate of drug-likeness (QED) is 0.266. The lowest BCUT2D eigenvalue weighted by Gasteiger charge is -2.14. The van der Waals surface area contributed by atoms with Gasteiger partial charge in [0, 0.05) is 18.0 Å². The Bertz CT molecular complexity index is 1530. The molecule has 11 heteroatoms. The lowest BCUT2D eigenvalue weighted by Crippen LogP contribution is -2.35. The number of nitrogens with zero attached hydrogens (tertiary/aromatic N) is 1. The van der Waals surface area contributed by atoms with E-state index in [0.29, 0.717) is 22.3 Å². The summed E-state index contributed by atoms with van der Waals surface area (Å²) in [5, 5.41) is 4.50. The van der Waals surface area contributed by atoms with E-state index in [1.54, 1.807) is 24.3 Å². The van der Waals surface area contributed by atoms with Gasteiger partial charge in [0.15, 0.2) is 11.6 Å². The Morgan fingerprint density at radius 3 is 2.18 bits per heavy atom. The molecule has 4 rings (SSSR count). The number of aromatic nitrogens is 1. The lowest BCUT2D eigenvalue weighted by molar-refractivity contribution is -0.119. The molecule has 0 aliphatic rings. The van der Waals surface area contributed by atoms with E-state index in [9.17, 15) is 23.2 Å². The number of nitrogen functional groups attached to an aromatic ring is 1. The predicted octanol–water partition coefficient (Wildman–Crippen LogP) is 4.32. The highest BCUT2D eigenvalue weighted by molar-refractivity contribution is 6.01. The van der Waals surface area contributed by atoms with Crippen molar-refractivity contribution in [1.29, 1.82) is 0 Å². The average Bonchev–Trinajstić information content (AvgIpc) is 2.87. The minimum absolute atomic E-state index is 0.0754. The zero-order chi connectivity index (χ0) is 27.9. The van der Waals surface area contributed by atoms with Crippen LogP contribution in [0.4, 0.5) is 25.1 Å². The molecule has 0 aliphatic heterocycles. The molecule has 0 aliphatic carbocycles. The zero-order valence-corrected chi connectivity index (χ0v) is 20.4. The van der Waals surface area contributed by atoms with Crippen LogP contribution in [0.15, 0.2) is 79.0 Å². The summed E-state index contributed by atoms with van der Waals surface area (Å²) in [5.41, 5.74) is 13.7. The van der Waals surface area contributed by atoms with Crippen molar-refractivity contribution in [3.63, 3.8) is 0 Å². The van der Waals surface area contributed by atoms with Gasteiger partial charge in [0.2, 0.25) is 11.8 Å². The molecule has 6 N–H and O–H groups in total. The standard InChI is InChI=1S/C28H23F2N5O4/c29-19-7-3-17(4-8-19)14-25(37)35-28(38)34-20-9-10-22(21(30)15-20)39-23-11-12-33-27(32)26(23)18-5-1-16(2-6-18)13-24(31)36/h1-12,15H,13-14H2,(H2,31,36)(H2,32,33)(H2,34,35,37,38). The molecule has 4 amide bonds. The van der Waals surface area contributed by atoms with Gasteiger partial charge in [-0.1, -0.05) is 36.4 Å². The Hall–Kier alpha value is -5.32. The van der Waals surface area contributed by atoms with Gasteiger partial charge in [0.05, 0.1) is 18.4 Å². The summed E-state index contributed by atoms with van der Waals surface area (Å²) in [6.45, 7) is 0. The minimum atomic E-state index is -0.862. The molecule has 0 saturated heterocycles. The highest BCUT2D eigenvalue weighted by atomic mass is 19.1. The number of ether oxygens (including phenoxy) is 1. The summed E-state index contributed by atoms with van der Waals surface area (Å²) in [7, 11) is 0. The lowest BCUT2D eigenvalue weighted by atomic mass is 10.0. The topological polar surface area (TPSA) is 149 Å². The number of carbonyl (C=O) groups is 3. The third-order valence-corrected chi connectivity index (χ3v) is 5.50. The molecule has 0 atom stereocenters. The van der Waals surface area contributed by atoms with Crippen molar-refractivity contribution in [3.8, 4) is 22.6 Å². The molecule has 1 aromatic heterocycles. The molecule has 0 unspecified atom stereocenters. The molecule has 1 heterocycles. The normalized spacial score (nSPS) is 10.5. The summed E-state index contributed by atoms with van der Waals surface area (Å²) >= 11 is 0. The highest BCUT2D eigenvalue weighted by Gasteiger charge is 2.16. The van der Waals surface area contributed by atoms with E-state index in [4.69, 9.17) is 16.2 Å². The second-order valence-corrected chi connectivity index (χ2v) is 8.46. The summed E-state index contributed by atoms with van der Waals surface area (Å²) in [5.74, 6) is -2.08. The van der Waals surface area contributed by atoms with Gasteiger partial charge in [-0.2, -0.15) is 0 Å². The second kappa shape index (κ2) is 11.8. The summed E-state index contributed by atoms with van der Waals surface area (Å²) in [6.07, 6.45) is 1.36. The van der Waals surface area contributed by atoms with E-state index in [1.807, 2.05) is 0 Å². The number of primary amides is 1. The predicted molar refractivity (Wildman–Crippen MR) is 141 cm³/mol. The Balaban J connectivity index is 1.43.